The van der Waals surface area contributed by atoms with Crippen LogP contribution in [-0.4, -0.2) is 39.5 Å². The molecule has 0 radical (unpaired) electrons. The van der Waals surface area contributed by atoms with Crippen LogP contribution in [0.3, 0.4) is 0 Å². The average molecular weight is 595 g/mol. The molecular weight excluding hydrogens is 575 g/mol. The number of nitrogens with zero attached hydrogens (tertiary/aromatic N) is 4. The van der Waals surface area contributed by atoms with E-state index in [9.17, 15) is 19.7 Å². The maximum absolute atomic E-state index is 13.5. The lowest BCUT2D eigenvalue weighted by Gasteiger charge is -2.14. The van der Waals surface area contributed by atoms with Crippen molar-refractivity contribution in [2.75, 3.05) is 6.61 Å². The maximum Gasteiger partial charge on any atom is 0.347 e. The van der Waals surface area contributed by atoms with E-state index in [0.29, 0.717) is 26.9 Å². The summed E-state index contributed by atoms with van der Waals surface area (Å²) in [5, 5.41) is 17.5. The predicted molar refractivity (Wildman–Crippen MR) is 154 cm³/mol. The van der Waals surface area contributed by atoms with Crippen molar-refractivity contribution in [3.05, 3.63) is 96.7 Å². The quantitative estimate of drug-likeness (QED) is 0.0890. The number of carbonyl (C=O) groups excluding carboxylic acids is 1. The van der Waals surface area contributed by atoms with E-state index in [2.05, 4.69) is 10.1 Å². The Balaban J connectivity index is 1.61. The van der Waals surface area contributed by atoms with Gasteiger partial charge in [-0.3, -0.25) is 14.9 Å². The number of nitro groups is 1. The molecular formula is C28H20Cl2N4O7. The van der Waals surface area contributed by atoms with Crippen LogP contribution in [0.15, 0.2) is 75.0 Å². The van der Waals surface area contributed by atoms with E-state index in [4.69, 9.17) is 37.1 Å². The number of aromatic nitrogens is 2. The monoisotopic (exact) mass is 594 g/mol. The molecule has 0 aliphatic rings. The first-order valence-corrected chi connectivity index (χ1v) is 13.0. The van der Waals surface area contributed by atoms with Crippen LogP contribution in [0.5, 0.6) is 5.75 Å². The molecule has 0 N–H and O–H groups in total. The molecule has 0 aliphatic heterocycles. The Bertz CT molecular complexity index is 1920. The Labute approximate surface area is 241 Å². The molecule has 3 aromatic carbocycles. The van der Waals surface area contributed by atoms with Crippen LogP contribution in [0.4, 0.5) is 5.69 Å². The number of hydrogen-bond donors (Lipinski definition) is 0. The molecule has 2 heterocycles. The Morgan fingerprint density at radius 3 is 2.73 bits per heavy atom. The third kappa shape index (κ3) is 5.63. The Kier molecular flexibility index (Phi) is 7.73. The number of esters is 1. The van der Waals surface area contributed by atoms with Gasteiger partial charge in [0.2, 0.25) is 11.6 Å². The zero-order chi connectivity index (χ0) is 29.3. The fourth-order valence-corrected chi connectivity index (χ4v) is 4.50. The van der Waals surface area contributed by atoms with Crippen LogP contribution in [0.25, 0.3) is 33.5 Å². The van der Waals surface area contributed by atoms with Crippen LogP contribution in [-0.2, 0) is 9.53 Å². The SMILES string of the molecule is CCOC(=O)[C@@H](C)Oc1c(Cl)cc(C=Nn2c(-c3cc4cc(Cl)ccc4o3)nc3ccccc3c2=O)cc1[N+](=O)[O-]. The minimum atomic E-state index is -1.14. The Morgan fingerprint density at radius 1 is 1.20 bits per heavy atom. The maximum atomic E-state index is 13.5. The highest BCUT2D eigenvalue weighted by Crippen LogP contribution is 2.37. The third-order valence-electron chi connectivity index (χ3n) is 5.93. The summed E-state index contributed by atoms with van der Waals surface area (Å²) in [6.45, 7) is 3.13. The van der Waals surface area contributed by atoms with Crippen LogP contribution < -0.4 is 10.3 Å². The largest absolute Gasteiger partial charge is 0.471 e. The molecule has 0 spiro atoms. The van der Waals surface area contributed by atoms with Crippen molar-refractivity contribution in [2.24, 2.45) is 5.10 Å². The number of benzene rings is 3. The Morgan fingerprint density at radius 2 is 1.98 bits per heavy atom. The van der Waals surface area contributed by atoms with Gasteiger partial charge in [-0.1, -0.05) is 35.3 Å². The van der Waals surface area contributed by atoms with Crippen molar-refractivity contribution >= 4 is 62.9 Å². The van der Waals surface area contributed by atoms with E-state index >= 15 is 0 Å². The van der Waals surface area contributed by atoms with Gasteiger partial charge in [0.1, 0.15) is 5.58 Å². The number of furan rings is 1. The molecule has 13 heteroatoms. The van der Waals surface area contributed by atoms with Gasteiger partial charge in [0.05, 0.1) is 33.7 Å². The van der Waals surface area contributed by atoms with Crippen molar-refractivity contribution in [1.82, 2.24) is 9.66 Å². The first kappa shape index (κ1) is 27.8. The lowest BCUT2D eigenvalue weighted by atomic mass is 10.2. The number of hydrogen-bond acceptors (Lipinski definition) is 9. The zero-order valence-electron chi connectivity index (χ0n) is 21.5. The predicted octanol–water partition coefficient (Wildman–Crippen LogP) is 6.24. The number of carbonyl (C=O) groups is 1. The first-order valence-electron chi connectivity index (χ1n) is 12.2. The van der Waals surface area contributed by atoms with Gasteiger partial charge in [-0.05, 0) is 56.3 Å². The van der Waals surface area contributed by atoms with Gasteiger partial charge < -0.3 is 13.9 Å². The lowest BCUT2D eigenvalue weighted by Crippen LogP contribution is -2.26. The molecule has 2 aromatic heterocycles. The van der Waals surface area contributed by atoms with Gasteiger partial charge in [0.15, 0.2) is 11.9 Å². The Hall–Kier alpha value is -4.74. The number of para-hydroxylation sites is 1. The molecule has 1 atom stereocenters. The zero-order valence-corrected chi connectivity index (χ0v) is 23.0. The summed E-state index contributed by atoms with van der Waals surface area (Å²) in [7, 11) is 0. The molecule has 5 rings (SSSR count). The summed E-state index contributed by atoms with van der Waals surface area (Å²) >= 11 is 12.4. The number of nitro benzene ring substituents is 1. The number of ether oxygens (including phenoxy) is 2. The topological polar surface area (TPSA) is 139 Å². The van der Waals surface area contributed by atoms with Crippen molar-refractivity contribution in [2.45, 2.75) is 20.0 Å². The normalized spacial score (nSPS) is 12.2. The van der Waals surface area contributed by atoms with Gasteiger partial charge in [-0.25, -0.2) is 9.78 Å². The first-order chi connectivity index (χ1) is 19.7. The molecule has 0 saturated heterocycles. The second-order valence-electron chi connectivity index (χ2n) is 8.73. The summed E-state index contributed by atoms with van der Waals surface area (Å²) in [5.74, 6) is -0.656. The molecule has 0 bridgehead atoms. The van der Waals surface area contributed by atoms with Crippen LogP contribution in [0, 0.1) is 10.1 Å². The summed E-state index contributed by atoms with van der Waals surface area (Å²) in [6, 6.07) is 16.0. The van der Waals surface area contributed by atoms with E-state index in [1.165, 1.54) is 19.2 Å². The average Bonchev–Trinajstić information content (AvgIpc) is 3.36. The molecule has 0 fully saturated rings. The fourth-order valence-electron chi connectivity index (χ4n) is 4.05. The number of halogens is 2. The van der Waals surface area contributed by atoms with Gasteiger partial charge in [0.25, 0.3) is 5.56 Å². The number of fused-ring (bicyclic) bond motifs is 2. The highest BCUT2D eigenvalue weighted by Gasteiger charge is 2.26. The van der Waals surface area contributed by atoms with Crippen molar-refractivity contribution in [3.8, 4) is 17.3 Å². The summed E-state index contributed by atoms with van der Waals surface area (Å²) < 4.78 is 17.3. The van der Waals surface area contributed by atoms with E-state index in [0.717, 1.165) is 10.7 Å². The van der Waals surface area contributed by atoms with Gasteiger partial charge in [0, 0.05) is 22.0 Å². The van der Waals surface area contributed by atoms with Crippen molar-refractivity contribution in [3.63, 3.8) is 0 Å². The van der Waals surface area contributed by atoms with Gasteiger partial charge >= 0.3 is 11.7 Å². The second kappa shape index (κ2) is 11.4. The van der Waals surface area contributed by atoms with Crippen LogP contribution >= 0.6 is 23.2 Å². The molecule has 0 amide bonds. The highest BCUT2D eigenvalue weighted by molar-refractivity contribution is 6.32. The van der Waals surface area contributed by atoms with E-state index in [-0.39, 0.29) is 34.5 Å². The molecule has 0 saturated carbocycles. The van der Waals surface area contributed by atoms with Crippen LogP contribution in [0.1, 0.15) is 19.4 Å². The minimum Gasteiger partial charge on any atom is -0.471 e. The summed E-state index contributed by atoms with van der Waals surface area (Å²) in [4.78, 5) is 41.2. The van der Waals surface area contributed by atoms with E-state index < -0.39 is 28.2 Å². The molecule has 0 aliphatic carbocycles. The molecule has 0 unspecified atom stereocenters. The van der Waals surface area contributed by atoms with Gasteiger partial charge in [-0.2, -0.15) is 9.78 Å². The van der Waals surface area contributed by atoms with Gasteiger partial charge in [-0.15, -0.1) is 0 Å². The minimum absolute atomic E-state index is 0.0982. The van der Waals surface area contributed by atoms with Crippen molar-refractivity contribution < 1.29 is 23.6 Å². The third-order valence-corrected chi connectivity index (χ3v) is 6.45. The highest BCUT2D eigenvalue weighted by atomic mass is 35.5. The molecule has 5 aromatic rings. The van der Waals surface area contributed by atoms with Crippen molar-refractivity contribution in [1.29, 1.82) is 0 Å². The standard InChI is InChI=1S/C28H20Cl2N4O7/c1-3-39-28(36)15(2)40-25-20(30)10-16(11-22(25)34(37)38)14-31-33-26(32-21-7-5-4-6-19(21)27(33)35)24-13-17-12-18(29)8-9-23(17)41-24/h4-15H,3H2,1-2H3/t15-/m1/s1. The lowest BCUT2D eigenvalue weighted by molar-refractivity contribution is -0.386. The molecule has 11 nitrogen and oxygen atoms in total. The smallest absolute Gasteiger partial charge is 0.347 e. The molecule has 41 heavy (non-hydrogen) atoms. The van der Waals surface area contributed by atoms with E-state index in [1.807, 2.05) is 0 Å². The second-order valence-corrected chi connectivity index (χ2v) is 9.57. The van der Waals surface area contributed by atoms with Crippen LogP contribution in [0.2, 0.25) is 10.0 Å². The van der Waals surface area contributed by atoms with E-state index in [1.54, 1.807) is 55.5 Å². The summed E-state index contributed by atoms with van der Waals surface area (Å²) in [6.07, 6.45) is 0.0763. The number of rotatable bonds is 8. The summed E-state index contributed by atoms with van der Waals surface area (Å²) in [5.41, 5.74) is 0.128. The molecule has 208 valence electrons. The fraction of sp³-hybridized carbons (Fsp3) is 0.143.